The third-order valence-corrected chi connectivity index (χ3v) is 4.37. The van der Waals surface area contributed by atoms with Gasteiger partial charge in [-0.15, -0.1) is 11.3 Å². The van der Waals surface area contributed by atoms with E-state index in [1.807, 2.05) is 5.38 Å². The van der Waals surface area contributed by atoms with E-state index in [0.717, 1.165) is 36.5 Å². The highest BCUT2D eigenvalue weighted by Crippen LogP contribution is 2.15. The highest BCUT2D eigenvalue weighted by molar-refractivity contribution is 7.09. The number of carbonyl (C=O) groups excluding carboxylic acids is 1. The second-order valence-electron chi connectivity index (χ2n) is 4.94. The number of nitrogens with one attached hydrogen (secondary N) is 2. The Morgan fingerprint density at radius 1 is 1.67 bits per heavy atom. The average Bonchev–Trinajstić information content (AvgIpc) is 2.84. The van der Waals surface area contributed by atoms with Crippen LogP contribution in [-0.4, -0.2) is 23.5 Å². The maximum Gasteiger partial charge on any atom is 0.237 e. The molecule has 5 heteroatoms. The third-order valence-electron chi connectivity index (χ3n) is 3.33. The summed E-state index contributed by atoms with van der Waals surface area (Å²) in [5.74, 6) is 0.737. The molecule has 1 aliphatic rings. The van der Waals surface area contributed by atoms with E-state index in [2.05, 4.69) is 29.5 Å². The van der Waals surface area contributed by atoms with Crippen LogP contribution in [0.15, 0.2) is 5.38 Å². The van der Waals surface area contributed by atoms with Crippen molar-refractivity contribution in [2.24, 2.45) is 5.92 Å². The summed E-state index contributed by atoms with van der Waals surface area (Å²) in [5.41, 5.74) is 0.967. The van der Waals surface area contributed by atoms with Gasteiger partial charge in [-0.25, -0.2) is 4.98 Å². The summed E-state index contributed by atoms with van der Waals surface area (Å²) >= 11 is 1.66. The Balaban J connectivity index is 1.80. The highest BCUT2D eigenvalue weighted by Gasteiger charge is 2.24. The van der Waals surface area contributed by atoms with Crippen molar-refractivity contribution in [2.45, 2.75) is 45.7 Å². The number of aryl methyl sites for hydroxylation is 1. The van der Waals surface area contributed by atoms with E-state index in [4.69, 9.17) is 0 Å². The number of piperidine rings is 1. The molecule has 2 rings (SSSR count). The average molecular weight is 267 g/mol. The highest BCUT2D eigenvalue weighted by atomic mass is 32.1. The quantitative estimate of drug-likeness (QED) is 0.873. The summed E-state index contributed by atoms with van der Waals surface area (Å²) in [6, 6.07) is -0.0296. The summed E-state index contributed by atoms with van der Waals surface area (Å²) in [7, 11) is 0. The lowest BCUT2D eigenvalue weighted by atomic mass is 9.94. The van der Waals surface area contributed by atoms with E-state index < -0.39 is 0 Å². The number of amides is 1. The van der Waals surface area contributed by atoms with E-state index in [9.17, 15) is 4.79 Å². The predicted octanol–water partition coefficient (Wildman–Crippen LogP) is 1.71. The van der Waals surface area contributed by atoms with E-state index >= 15 is 0 Å². The number of aromatic nitrogens is 1. The molecule has 1 fully saturated rings. The van der Waals surface area contributed by atoms with E-state index in [1.54, 1.807) is 11.3 Å². The van der Waals surface area contributed by atoms with Crippen LogP contribution in [0.4, 0.5) is 0 Å². The van der Waals surface area contributed by atoms with Crippen molar-refractivity contribution in [3.63, 3.8) is 0 Å². The molecule has 0 aromatic carbocycles. The monoisotopic (exact) mass is 267 g/mol. The van der Waals surface area contributed by atoms with Crippen molar-refractivity contribution >= 4 is 17.2 Å². The molecule has 2 atom stereocenters. The molecular formula is C13H21N3OS. The van der Waals surface area contributed by atoms with Gasteiger partial charge in [-0.1, -0.05) is 13.8 Å². The minimum absolute atomic E-state index is 0.0296. The van der Waals surface area contributed by atoms with E-state index in [0.29, 0.717) is 12.5 Å². The molecule has 0 aliphatic carbocycles. The SMILES string of the molecule is CCc1nc(CNC(=O)C2CC(C)CCN2)cs1. The predicted molar refractivity (Wildman–Crippen MR) is 73.5 cm³/mol. The zero-order valence-corrected chi connectivity index (χ0v) is 11.8. The molecule has 1 aromatic rings. The summed E-state index contributed by atoms with van der Waals surface area (Å²) < 4.78 is 0. The number of nitrogens with zero attached hydrogens (tertiary/aromatic N) is 1. The first kappa shape index (κ1) is 13.5. The van der Waals surface area contributed by atoms with Crippen molar-refractivity contribution < 1.29 is 4.79 Å². The molecule has 1 aliphatic heterocycles. The second kappa shape index (κ2) is 6.29. The van der Waals surface area contributed by atoms with Crippen molar-refractivity contribution in [2.75, 3.05) is 6.54 Å². The summed E-state index contributed by atoms with van der Waals surface area (Å²) in [6.07, 6.45) is 3.05. The van der Waals surface area contributed by atoms with Crippen LogP contribution in [0.2, 0.25) is 0 Å². The fraction of sp³-hybridized carbons (Fsp3) is 0.692. The van der Waals surface area contributed by atoms with Gasteiger partial charge in [-0.3, -0.25) is 4.79 Å². The zero-order chi connectivity index (χ0) is 13.0. The van der Waals surface area contributed by atoms with Gasteiger partial charge in [-0.2, -0.15) is 0 Å². The largest absolute Gasteiger partial charge is 0.349 e. The number of rotatable bonds is 4. The standard InChI is InChI=1S/C13H21N3OS/c1-3-12-16-10(8-18-12)7-15-13(17)11-6-9(2)4-5-14-11/h8-9,11,14H,3-7H2,1-2H3,(H,15,17). The van der Waals surface area contributed by atoms with Crippen LogP contribution in [0.1, 0.15) is 37.4 Å². The van der Waals surface area contributed by atoms with Crippen molar-refractivity contribution in [1.29, 1.82) is 0 Å². The van der Waals surface area contributed by atoms with Gasteiger partial charge in [0, 0.05) is 5.38 Å². The number of carbonyl (C=O) groups is 1. The Morgan fingerprint density at radius 2 is 2.50 bits per heavy atom. The van der Waals surface area contributed by atoms with E-state index in [-0.39, 0.29) is 11.9 Å². The van der Waals surface area contributed by atoms with Gasteiger partial charge in [0.15, 0.2) is 0 Å². The number of hydrogen-bond acceptors (Lipinski definition) is 4. The fourth-order valence-corrected chi connectivity index (χ4v) is 2.95. The lowest BCUT2D eigenvalue weighted by Gasteiger charge is -2.27. The van der Waals surface area contributed by atoms with Crippen molar-refractivity contribution in [3.05, 3.63) is 16.1 Å². The molecule has 1 saturated heterocycles. The minimum atomic E-state index is -0.0296. The molecule has 18 heavy (non-hydrogen) atoms. The molecular weight excluding hydrogens is 246 g/mol. The van der Waals surface area contributed by atoms with Crippen LogP contribution >= 0.6 is 11.3 Å². The Kier molecular flexibility index (Phi) is 4.72. The van der Waals surface area contributed by atoms with Crippen LogP contribution in [0.25, 0.3) is 0 Å². The van der Waals surface area contributed by atoms with Gasteiger partial charge in [0.2, 0.25) is 5.91 Å². The minimum Gasteiger partial charge on any atom is -0.349 e. The summed E-state index contributed by atoms with van der Waals surface area (Å²) in [5, 5.41) is 9.39. The van der Waals surface area contributed by atoms with Gasteiger partial charge >= 0.3 is 0 Å². The topological polar surface area (TPSA) is 54.0 Å². The molecule has 0 radical (unpaired) electrons. The maximum absolute atomic E-state index is 12.0. The van der Waals surface area contributed by atoms with Crippen LogP contribution in [0.3, 0.4) is 0 Å². The van der Waals surface area contributed by atoms with Gasteiger partial charge < -0.3 is 10.6 Å². The Morgan fingerprint density at radius 3 is 3.17 bits per heavy atom. The second-order valence-corrected chi connectivity index (χ2v) is 5.88. The van der Waals surface area contributed by atoms with E-state index in [1.165, 1.54) is 0 Å². The number of thiazole rings is 1. The van der Waals surface area contributed by atoms with Gasteiger partial charge in [0.05, 0.1) is 23.3 Å². The summed E-state index contributed by atoms with van der Waals surface area (Å²) in [6.45, 7) is 5.78. The number of hydrogen-bond donors (Lipinski definition) is 2. The smallest absolute Gasteiger partial charge is 0.237 e. The Labute approximate surface area is 112 Å². The van der Waals surface area contributed by atoms with Gasteiger partial charge in [-0.05, 0) is 31.7 Å². The maximum atomic E-state index is 12.0. The van der Waals surface area contributed by atoms with Crippen LogP contribution in [0, 0.1) is 5.92 Å². The van der Waals surface area contributed by atoms with Crippen LogP contribution < -0.4 is 10.6 Å². The molecule has 2 heterocycles. The molecule has 1 amide bonds. The van der Waals surface area contributed by atoms with Crippen molar-refractivity contribution in [3.8, 4) is 0 Å². The third kappa shape index (κ3) is 3.53. The van der Waals surface area contributed by atoms with Crippen molar-refractivity contribution in [1.82, 2.24) is 15.6 Å². The van der Waals surface area contributed by atoms with Gasteiger partial charge in [0.1, 0.15) is 0 Å². The zero-order valence-electron chi connectivity index (χ0n) is 11.0. The Bertz CT molecular complexity index is 405. The molecule has 2 N–H and O–H groups in total. The molecule has 0 bridgehead atoms. The van der Waals surface area contributed by atoms with Gasteiger partial charge in [0.25, 0.3) is 0 Å². The first-order valence-corrected chi connectivity index (χ1v) is 7.51. The Hall–Kier alpha value is -0.940. The summed E-state index contributed by atoms with van der Waals surface area (Å²) in [4.78, 5) is 16.4. The normalized spacial score (nSPS) is 23.9. The lowest BCUT2D eigenvalue weighted by molar-refractivity contribution is -0.124. The van der Waals surface area contributed by atoms with Crippen LogP contribution in [0.5, 0.6) is 0 Å². The van der Waals surface area contributed by atoms with Crippen LogP contribution in [-0.2, 0) is 17.8 Å². The first-order chi connectivity index (χ1) is 8.69. The first-order valence-electron chi connectivity index (χ1n) is 6.63. The molecule has 0 saturated carbocycles. The molecule has 1 aromatic heterocycles. The molecule has 2 unspecified atom stereocenters. The lowest BCUT2D eigenvalue weighted by Crippen LogP contribution is -2.48. The molecule has 100 valence electrons. The fourth-order valence-electron chi connectivity index (χ4n) is 2.20. The molecule has 4 nitrogen and oxygen atoms in total. The molecule has 0 spiro atoms.